The number of hydrogen-bond acceptors (Lipinski definition) is 4. The van der Waals surface area contributed by atoms with Gasteiger partial charge in [0, 0.05) is 18.0 Å². The molecule has 2 aromatic heterocycles. The Kier molecular flexibility index (Phi) is 2.52. The van der Waals surface area contributed by atoms with Gasteiger partial charge in [-0.15, -0.1) is 5.10 Å². The van der Waals surface area contributed by atoms with E-state index in [1.807, 2.05) is 0 Å². The number of halogens is 1. The molecule has 2 N–H and O–H groups in total. The number of nitrogens with zero attached hydrogens (tertiary/aromatic N) is 4. The van der Waals surface area contributed by atoms with Gasteiger partial charge in [-0.05, 0) is 6.07 Å². The van der Waals surface area contributed by atoms with Crippen molar-refractivity contribution in [1.82, 2.24) is 19.2 Å². The molecule has 2 heterocycles. The quantitative estimate of drug-likeness (QED) is 0.686. The second-order valence-corrected chi connectivity index (χ2v) is 4.07. The molecule has 3 rings (SSSR count). The minimum absolute atomic E-state index is 0.0252. The topological polar surface area (TPSA) is 78.2 Å². The Morgan fingerprint density at radius 3 is 3.00 bits per heavy atom. The van der Waals surface area contributed by atoms with Crippen LogP contribution in [0.15, 0.2) is 41.6 Å². The van der Waals surface area contributed by atoms with Gasteiger partial charge < -0.3 is 5.73 Å². The van der Waals surface area contributed by atoms with Crippen molar-refractivity contribution in [3.63, 3.8) is 0 Å². The second kappa shape index (κ2) is 4.20. The molecule has 3 aromatic rings. The van der Waals surface area contributed by atoms with Gasteiger partial charge in [0.15, 0.2) is 11.5 Å². The first-order valence-electron chi connectivity index (χ1n) is 5.59. The first-order valence-corrected chi connectivity index (χ1v) is 5.59. The molecule has 0 unspecified atom stereocenters. The van der Waals surface area contributed by atoms with E-state index in [1.165, 1.54) is 33.7 Å². The van der Waals surface area contributed by atoms with Crippen LogP contribution in [0.2, 0.25) is 0 Å². The zero-order valence-corrected chi connectivity index (χ0v) is 9.82. The average molecular weight is 259 g/mol. The molecule has 0 atom stereocenters. The summed E-state index contributed by atoms with van der Waals surface area (Å²) in [4.78, 5) is 15.9. The van der Waals surface area contributed by atoms with Crippen LogP contribution < -0.4 is 11.4 Å². The number of fused-ring (bicyclic) bond motifs is 1. The summed E-state index contributed by atoms with van der Waals surface area (Å²) in [6.45, 7) is 0.0252. The molecule has 0 bridgehead atoms. The van der Waals surface area contributed by atoms with Gasteiger partial charge in [-0.3, -0.25) is 4.98 Å². The highest BCUT2D eigenvalue weighted by Crippen LogP contribution is 2.15. The maximum Gasteiger partial charge on any atom is 0.350 e. The molecule has 0 aliphatic carbocycles. The van der Waals surface area contributed by atoms with Crippen molar-refractivity contribution in [2.75, 3.05) is 5.73 Å². The molecule has 0 radical (unpaired) electrons. The highest BCUT2D eigenvalue weighted by molar-refractivity contribution is 5.43. The van der Waals surface area contributed by atoms with E-state index >= 15 is 0 Å². The molecule has 6 nitrogen and oxygen atoms in total. The van der Waals surface area contributed by atoms with E-state index in [4.69, 9.17) is 5.73 Å². The van der Waals surface area contributed by atoms with E-state index in [0.717, 1.165) is 0 Å². The minimum Gasteiger partial charge on any atom is -0.396 e. The predicted molar refractivity (Wildman–Crippen MR) is 67.2 cm³/mol. The minimum atomic E-state index is -0.524. The molecule has 0 fully saturated rings. The Balaban J connectivity index is 2.09. The molecule has 19 heavy (non-hydrogen) atoms. The Bertz CT molecular complexity index is 807. The van der Waals surface area contributed by atoms with Gasteiger partial charge in [0.2, 0.25) is 0 Å². The molecule has 0 aliphatic heterocycles. The summed E-state index contributed by atoms with van der Waals surface area (Å²) in [5, 5.41) is 4.08. The van der Waals surface area contributed by atoms with E-state index in [-0.39, 0.29) is 17.9 Å². The molecular formula is C12H10FN5O. The summed E-state index contributed by atoms with van der Waals surface area (Å²) in [7, 11) is 0. The highest BCUT2D eigenvalue weighted by atomic mass is 19.1. The van der Waals surface area contributed by atoms with Crippen molar-refractivity contribution >= 4 is 11.3 Å². The number of anilines is 1. The van der Waals surface area contributed by atoms with E-state index < -0.39 is 5.82 Å². The largest absolute Gasteiger partial charge is 0.396 e. The second-order valence-electron chi connectivity index (χ2n) is 4.07. The van der Waals surface area contributed by atoms with Crippen molar-refractivity contribution in [2.45, 2.75) is 6.54 Å². The van der Waals surface area contributed by atoms with Crippen LogP contribution in [0, 0.1) is 5.82 Å². The Morgan fingerprint density at radius 1 is 1.37 bits per heavy atom. The summed E-state index contributed by atoms with van der Waals surface area (Å²) >= 11 is 0. The van der Waals surface area contributed by atoms with Crippen molar-refractivity contribution < 1.29 is 4.39 Å². The number of aromatic nitrogens is 4. The van der Waals surface area contributed by atoms with Crippen molar-refractivity contribution in [3.8, 4) is 0 Å². The Morgan fingerprint density at radius 2 is 2.21 bits per heavy atom. The van der Waals surface area contributed by atoms with Crippen LogP contribution in [-0.4, -0.2) is 19.2 Å². The summed E-state index contributed by atoms with van der Waals surface area (Å²) < 4.78 is 16.3. The third-order valence-electron chi connectivity index (χ3n) is 2.82. The maximum absolute atomic E-state index is 13.8. The molecule has 1 aromatic carbocycles. The monoisotopic (exact) mass is 259 g/mol. The fourth-order valence-electron chi connectivity index (χ4n) is 1.87. The van der Waals surface area contributed by atoms with Gasteiger partial charge in [-0.25, -0.2) is 18.3 Å². The number of rotatable bonds is 2. The normalized spacial score (nSPS) is 11.0. The van der Waals surface area contributed by atoms with Gasteiger partial charge in [0.1, 0.15) is 0 Å². The molecule has 0 amide bonds. The Hall–Kier alpha value is -2.70. The van der Waals surface area contributed by atoms with Gasteiger partial charge in [-0.2, -0.15) is 0 Å². The van der Waals surface area contributed by atoms with Crippen molar-refractivity contribution in [1.29, 1.82) is 0 Å². The molecule has 96 valence electrons. The standard InChI is InChI=1S/C12H10FN5O/c13-11-8(2-1-3-9(11)14)7-18-12(19)17-5-4-15-6-10(17)16-18/h1-6H,7,14H2. The predicted octanol–water partition coefficient (Wildman–Crippen LogP) is 0.661. The molecule has 0 aliphatic rings. The summed E-state index contributed by atoms with van der Waals surface area (Å²) in [6.07, 6.45) is 4.46. The number of nitrogens with two attached hydrogens (primary N) is 1. The first-order chi connectivity index (χ1) is 9.16. The summed E-state index contributed by atoms with van der Waals surface area (Å²) in [5.74, 6) is -0.524. The smallest absolute Gasteiger partial charge is 0.350 e. The lowest BCUT2D eigenvalue weighted by Gasteiger charge is -2.04. The van der Waals surface area contributed by atoms with Crippen LogP contribution in [0.25, 0.3) is 5.65 Å². The fraction of sp³-hybridized carbons (Fsp3) is 0.0833. The highest BCUT2D eigenvalue weighted by Gasteiger charge is 2.10. The van der Waals surface area contributed by atoms with Crippen LogP contribution >= 0.6 is 0 Å². The lowest BCUT2D eigenvalue weighted by Crippen LogP contribution is -2.22. The first kappa shape index (κ1) is 11.4. The van der Waals surface area contributed by atoms with E-state index in [2.05, 4.69) is 10.1 Å². The zero-order valence-electron chi connectivity index (χ0n) is 9.82. The molecular weight excluding hydrogens is 249 g/mol. The molecule has 0 saturated carbocycles. The lowest BCUT2D eigenvalue weighted by molar-refractivity contribution is 0.581. The van der Waals surface area contributed by atoms with Crippen LogP contribution in [0.3, 0.4) is 0 Å². The number of benzene rings is 1. The zero-order chi connectivity index (χ0) is 13.4. The summed E-state index contributed by atoms with van der Waals surface area (Å²) in [5.41, 5.74) is 5.93. The van der Waals surface area contributed by atoms with Gasteiger partial charge in [-0.1, -0.05) is 12.1 Å². The van der Waals surface area contributed by atoms with Crippen LogP contribution in [0.4, 0.5) is 10.1 Å². The van der Waals surface area contributed by atoms with E-state index in [9.17, 15) is 9.18 Å². The molecule has 0 spiro atoms. The third-order valence-corrected chi connectivity index (χ3v) is 2.82. The number of nitrogen functional groups attached to an aromatic ring is 1. The van der Waals surface area contributed by atoms with Crippen LogP contribution in [0.5, 0.6) is 0 Å². The Labute approximate surface area is 106 Å². The van der Waals surface area contributed by atoms with Gasteiger partial charge in [0.25, 0.3) is 0 Å². The molecule has 7 heteroatoms. The maximum atomic E-state index is 13.8. The van der Waals surface area contributed by atoms with Crippen LogP contribution in [0.1, 0.15) is 5.56 Å². The lowest BCUT2D eigenvalue weighted by atomic mass is 10.2. The molecule has 0 saturated heterocycles. The van der Waals surface area contributed by atoms with Crippen LogP contribution in [-0.2, 0) is 6.54 Å². The average Bonchev–Trinajstić information content (AvgIpc) is 2.73. The van der Waals surface area contributed by atoms with E-state index in [0.29, 0.717) is 11.2 Å². The number of hydrogen-bond donors (Lipinski definition) is 1. The van der Waals surface area contributed by atoms with Crippen molar-refractivity contribution in [2.24, 2.45) is 0 Å². The van der Waals surface area contributed by atoms with Gasteiger partial charge >= 0.3 is 5.69 Å². The van der Waals surface area contributed by atoms with E-state index in [1.54, 1.807) is 12.1 Å². The SMILES string of the molecule is Nc1cccc(Cn2nc3cnccn3c2=O)c1F. The van der Waals surface area contributed by atoms with Crippen molar-refractivity contribution in [3.05, 3.63) is 58.7 Å². The fourth-order valence-corrected chi connectivity index (χ4v) is 1.87. The van der Waals surface area contributed by atoms with Gasteiger partial charge in [0.05, 0.1) is 18.4 Å². The summed E-state index contributed by atoms with van der Waals surface area (Å²) in [6, 6.07) is 4.67. The third kappa shape index (κ3) is 1.85.